The van der Waals surface area contributed by atoms with Crippen LogP contribution in [-0.4, -0.2) is 34.7 Å². The van der Waals surface area contributed by atoms with Crippen molar-refractivity contribution >= 4 is 12.4 Å². The first kappa shape index (κ1) is 19.5. The van der Waals surface area contributed by atoms with Crippen molar-refractivity contribution in [2.45, 2.75) is 12.5 Å². The maximum Gasteiger partial charge on any atom is 0.123 e. The summed E-state index contributed by atoms with van der Waals surface area (Å²) in [6, 6.07) is 17.1. The van der Waals surface area contributed by atoms with Crippen LogP contribution < -0.4 is 5.73 Å². The van der Waals surface area contributed by atoms with Crippen molar-refractivity contribution in [2.75, 3.05) is 19.6 Å². The molecule has 2 atom stereocenters. The second kappa shape index (κ2) is 8.65. The zero-order valence-corrected chi connectivity index (χ0v) is 15.8. The predicted molar refractivity (Wildman–Crippen MR) is 108 cm³/mol. The van der Waals surface area contributed by atoms with Crippen LogP contribution in [0, 0.1) is 11.7 Å². The molecule has 3 aromatic rings. The number of likely N-dealkylation sites (tertiary alicyclic amines) is 1. The lowest BCUT2D eigenvalue weighted by molar-refractivity contribution is 0.317. The van der Waals surface area contributed by atoms with E-state index in [-0.39, 0.29) is 18.2 Å². The maximum atomic E-state index is 13.2. The molecule has 1 aliphatic heterocycles. The zero-order valence-electron chi connectivity index (χ0n) is 15.0. The molecule has 1 aromatic heterocycles. The van der Waals surface area contributed by atoms with E-state index >= 15 is 0 Å². The van der Waals surface area contributed by atoms with Crippen LogP contribution in [0.25, 0.3) is 11.3 Å². The second-order valence-corrected chi connectivity index (χ2v) is 6.98. The summed E-state index contributed by atoms with van der Waals surface area (Å²) < 4.78 is 13.2. The minimum absolute atomic E-state index is 0. The van der Waals surface area contributed by atoms with Crippen molar-refractivity contribution in [3.05, 3.63) is 77.7 Å². The Labute approximate surface area is 165 Å². The number of nitrogens with two attached hydrogens (primary N) is 1. The van der Waals surface area contributed by atoms with E-state index in [2.05, 4.69) is 39.4 Å². The van der Waals surface area contributed by atoms with Crippen molar-refractivity contribution < 1.29 is 4.39 Å². The smallest absolute Gasteiger partial charge is 0.123 e. The van der Waals surface area contributed by atoms with Crippen LogP contribution in [0.5, 0.6) is 0 Å². The van der Waals surface area contributed by atoms with Gasteiger partial charge < -0.3 is 5.73 Å². The first-order valence-electron chi connectivity index (χ1n) is 9.00. The van der Waals surface area contributed by atoms with Gasteiger partial charge in [0.2, 0.25) is 0 Å². The Morgan fingerprint density at radius 1 is 1.07 bits per heavy atom. The lowest BCUT2D eigenvalue weighted by Crippen LogP contribution is -2.23. The van der Waals surface area contributed by atoms with E-state index < -0.39 is 0 Å². The highest BCUT2D eigenvalue weighted by molar-refractivity contribution is 5.85. The average Bonchev–Trinajstić information content (AvgIpc) is 3.30. The third kappa shape index (κ3) is 4.21. The Morgan fingerprint density at radius 2 is 1.81 bits per heavy atom. The predicted octanol–water partition coefficient (Wildman–Crippen LogP) is 3.81. The standard InChI is InChI=1S/C21H23FN4.ClH/c22-19-8-6-16(7-9-19)21-18(11-24-25-21)13-26-12-17(10-23)20(14-26)15-4-2-1-3-5-15;/h1-9,11,17,20H,10,12-14,23H2,(H,24,25);1H/t17-,20+;/m1./s1. The van der Waals surface area contributed by atoms with Gasteiger partial charge >= 0.3 is 0 Å². The molecule has 0 spiro atoms. The number of halogens is 2. The highest BCUT2D eigenvalue weighted by atomic mass is 35.5. The number of nitrogens with one attached hydrogen (secondary N) is 1. The number of benzene rings is 2. The average molecular weight is 387 g/mol. The fourth-order valence-corrected chi connectivity index (χ4v) is 3.94. The van der Waals surface area contributed by atoms with Gasteiger partial charge in [-0.3, -0.25) is 10.00 Å². The summed E-state index contributed by atoms with van der Waals surface area (Å²) >= 11 is 0. The van der Waals surface area contributed by atoms with E-state index in [9.17, 15) is 4.39 Å². The van der Waals surface area contributed by atoms with Crippen LogP contribution in [0.1, 0.15) is 17.0 Å². The van der Waals surface area contributed by atoms with E-state index in [0.29, 0.717) is 18.4 Å². The van der Waals surface area contributed by atoms with Crippen LogP contribution in [-0.2, 0) is 6.54 Å². The van der Waals surface area contributed by atoms with Gasteiger partial charge in [0.05, 0.1) is 11.9 Å². The number of hydrogen-bond donors (Lipinski definition) is 2. The molecule has 27 heavy (non-hydrogen) atoms. The molecule has 1 aliphatic rings. The Bertz CT molecular complexity index is 850. The minimum Gasteiger partial charge on any atom is -0.330 e. The molecule has 2 aromatic carbocycles. The van der Waals surface area contributed by atoms with Gasteiger partial charge in [-0.25, -0.2) is 4.39 Å². The number of rotatable bonds is 5. The van der Waals surface area contributed by atoms with Gasteiger partial charge in [-0.2, -0.15) is 5.10 Å². The Kier molecular flexibility index (Phi) is 6.26. The molecular formula is C21H24ClFN4. The van der Waals surface area contributed by atoms with Crippen molar-refractivity contribution in [2.24, 2.45) is 11.7 Å². The van der Waals surface area contributed by atoms with Crippen LogP contribution in [0.2, 0.25) is 0 Å². The SMILES string of the molecule is Cl.NC[C@@H]1CN(Cc2cn[nH]c2-c2ccc(F)cc2)C[C@H]1c1ccccc1. The van der Waals surface area contributed by atoms with Gasteiger partial charge in [-0.15, -0.1) is 12.4 Å². The summed E-state index contributed by atoms with van der Waals surface area (Å²) in [6.45, 7) is 3.46. The van der Waals surface area contributed by atoms with Crippen molar-refractivity contribution in [3.63, 3.8) is 0 Å². The van der Waals surface area contributed by atoms with Gasteiger partial charge in [-0.1, -0.05) is 30.3 Å². The van der Waals surface area contributed by atoms with E-state index in [0.717, 1.165) is 36.5 Å². The highest BCUT2D eigenvalue weighted by Gasteiger charge is 2.33. The molecule has 3 N–H and O–H groups in total. The number of aromatic nitrogens is 2. The summed E-state index contributed by atoms with van der Waals surface area (Å²) in [5, 5.41) is 7.27. The molecule has 0 unspecified atom stereocenters. The third-order valence-electron chi connectivity index (χ3n) is 5.29. The summed E-state index contributed by atoms with van der Waals surface area (Å²) in [5.74, 6) is 0.687. The Morgan fingerprint density at radius 3 is 2.52 bits per heavy atom. The molecule has 4 rings (SSSR count). The van der Waals surface area contributed by atoms with Crippen LogP contribution in [0.4, 0.5) is 4.39 Å². The number of aromatic amines is 1. The number of hydrogen-bond acceptors (Lipinski definition) is 3. The molecule has 0 aliphatic carbocycles. The van der Waals surface area contributed by atoms with Gasteiger partial charge in [0.1, 0.15) is 5.82 Å². The van der Waals surface area contributed by atoms with Gasteiger partial charge in [0.25, 0.3) is 0 Å². The number of nitrogens with zero attached hydrogens (tertiary/aromatic N) is 2. The lowest BCUT2D eigenvalue weighted by Gasteiger charge is -2.17. The van der Waals surface area contributed by atoms with Crippen LogP contribution in [0.3, 0.4) is 0 Å². The molecule has 1 fully saturated rings. The maximum absolute atomic E-state index is 13.2. The quantitative estimate of drug-likeness (QED) is 0.701. The first-order valence-corrected chi connectivity index (χ1v) is 9.00. The molecule has 4 nitrogen and oxygen atoms in total. The summed E-state index contributed by atoms with van der Waals surface area (Å²) in [5.41, 5.74) is 10.4. The zero-order chi connectivity index (χ0) is 17.9. The van der Waals surface area contributed by atoms with E-state index in [1.807, 2.05) is 12.3 Å². The summed E-state index contributed by atoms with van der Waals surface area (Å²) in [7, 11) is 0. The van der Waals surface area contributed by atoms with E-state index in [1.165, 1.54) is 17.7 Å². The molecule has 1 saturated heterocycles. The van der Waals surface area contributed by atoms with Gasteiger partial charge in [-0.05, 0) is 42.3 Å². The van der Waals surface area contributed by atoms with Crippen molar-refractivity contribution in [3.8, 4) is 11.3 Å². The van der Waals surface area contributed by atoms with E-state index in [4.69, 9.17) is 5.73 Å². The molecule has 0 saturated carbocycles. The molecule has 0 radical (unpaired) electrons. The summed E-state index contributed by atoms with van der Waals surface area (Å²) in [6.07, 6.45) is 1.87. The third-order valence-corrected chi connectivity index (χ3v) is 5.29. The minimum atomic E-state index is -0.231. The van der Waals surface area contributed by atoms with Crippen molar-refractivity contribution in [1.82, 2.24) is 15.1 Å². The largest absolute Gasteiger partial charge is 0.330 e. The highest BCUT2D eigenvalue weighted by Crippen LogP contribution is 2.33. The second-order valence-electron chi connectivity index (χ2n) is 6.98. The molecular weight excluding hydrogens is 363 g/mol. The molecule has 142 valence electrons. The Hall–Kier alpha value is -2.21. The molecule has 0 bridgehead atoms. The van der Waals surface area contributed by atoms with E-state index in [1.54, 1.807) is 12.1 Å². The number of H-pyrrole nitrogens is 1. The lowest BCUT2D eigenvalue weighted by atomic mass is 9.89. The fourth-order valence-electron chi connectivity index (χ4n) is 3.94. The monoisotopic (exact) mass is 386 g/mol. The summed E-state index contributed by atoms with van der Waals surface area (Å²) in [4.78, 5) is 2.44. The first-order chi connectivity index (χ1) is 12.7. The normalized spacial score (nSPS) is 19.8. The van der Waals surface area contributed by atoms with Crippen molar-refractivity contribution in [1.29, 1.82) is 0 Å². The van der Waals surface area contributed by atoms with Gasteiger partial charge in [0, 0.05) is 36.7 Å². The molecule has 6 heteroatoms. The van der Waals surface area contributed by atoms with Crippen LogP contribution >= 0.6 is 12.4 Å². The van der Waals surface area contributed by atoms with Gasteiger partial charge in [0.15, 0.2) is 0 Å². The van der Waals surface area contributed by atoms with Crippen LogP contribution in [0.15, 0.2) is 60.8 Å². The fraction of sp³-hybridized carbons (Fsp3) is 0.286. The molecule has 0 amide bonds. The molecule has 2 heterocycles. The topological polar surface area (TPSA) is 57.9 Å². The Balaban J connectivity index is 0.00000210.